The number of anilines is 1. The number of halogens is 2. The molecule has 2 amide bonds. The van der Waals surface area contributed by atoms with Gasteiger partial charge in [0.05, 0.1) is 6.54 Å². The van der Waals surface area contributed by atoms with Gasteiger partial charge in [0.15, 0.2) is 6.61 Å². The summed E-state index contributed by atoms with van der Waals surface area (Å²) in [5, 5.41) is 5.35. The van der Waals surface area contributed by atoms with Crippen LogP contribution < -0.4 is 10.6 Å². The first-order valence-electron chi connectivity index (χ1n) is 8.09. The maximum absolute atomic E-state index is 13.2. The Hall–Kier alpha value is -3.33. The highest BCUT2D eigenvalue weighted by Gasteiger charge is 2.14. The minimum absolute atomic E-state index is 0.238. The standard InChI is InChI=1S/C19H14F2N2O4S/c20-12-1-4-14(5-2-12)23-17(24)9-22-18(25)10-27-19(26)16-8-11-7-13(21)3-6-15(11)28-16/h1-8H,9-10H2,(H,22,25)(H,23,24). The van der Waals surface area contributed by atoms with Crippen molar-refractivity contribution in [3.8, 4) is 0 Å². The Kier molecular flexibility index (Phi) is 5.95. The van der Waals surface area contributed by atoms with Crippen molar-refractivity contribution in [1.82, 2.24) is 5.32 Å². The number of ether oxygens (including phenoxy) is 1. The molecule has 0 fully saturated rings. The van der Waals surface area contributed by atoms with Gasteiger partial charge < -0.3 is 15.4 Å². The number of carbonyl (C=O) groups is 3. The highest BCUT2D eigenvalue weighted by atomic mass is 32.1. The topological polar surface area (TPSA) is 84.5 Å². The van der Waals surface area contributed by atoms with Gasteiger partial charge in [-0.1, -0.05) is 0 Å². The zero-order chi connectivity index (χ0) is 20.1. The molecule has 0 unspecified atom stereocenters. The summed E-state index contributed by atoms with van der Waals surface area (Å²) in [5.41, 5.74) is 0.383. The molecule has 2 N–H and O–H groups in total. The van der Waals surface area contributed by atoms with E-state index in [4.69, 9.17) is 4.74 Å². The van der Waals surface area contributed by atoms with E-state index in [-0.39, 0.29) is 11.4 Å². The Morgan fingerprint density at radius 3 is 2.39 bits per heavy atom. The molecule has 2 aromatic carbocycles. The van der Waals surface area contributed by atoms with Crippen LogP contribution in [0.1, 0.15) is 9.67 Å². The number of fused-ring (bicyclic) bond motifs is 1. The van der Waals surface area contributed by atoms with Crippen LogP contribution in [0.3, 0.4) is 0 Å². The fourth-order valence-corrected chi connectivity index (χ4v) is 3.22. The van der Waals surface area contributed by atoms with Gasteiger partial charge in [0.1, 0.15) is 16.5 Å². The van der Waals surface area contributed by atoms with Crippen LogP contribution in [0.2, 0.25) is 0 Å². The number of carbonyl (C=O) groups excluding carboxylic acids is 3. The molecule has 0 atom stereocenters. The highest BCUT2D eigenvalue weighted by molar-refractivity contribution is 7.20. The van der Waals surface area contributed by atoms with Gasteiger partial charge in [-0.2, -0.15) is 0 Å². The van der Waals surface area contributed by atoms with Crippen molar-refractivity contribution >= 4 is 44.9 Å². The number of amides is 2. The number of esters is 1. The molecule has 9 heteroatoms. The molecule has 6 nitrogen and oxygen atoms in total. The summed E-state index contributed by atoms with van der Waals surface area (Å²) in [7, 11) is 0. The lowest BCUT2D eigenvalue weighted by molar-refractivity contribution is -0.126. The van der Waals surface area contributed by atoms with Gasteiger partial charge in [-0.25, -0.2) is 13.6 Å². The first-order valence-corrected chi connectivity index (χ1v) is 8.91. The van der Waals surface area contributed by atoms with E-state index in [0.717, 1.165) is 16.0 Å². The molecule has 0 aliphatic rings. The molecule has 144 valence electrons. The summed E-state index contributed by atoms with van der Waals surface area (Å²) in [6.07, 6.45) is 0. The first-order chi connectivity index (χ1) is 13.4. The van der Waals surface area contributed by atoms with Crippen LogP contribution in [-0.2, 0) is 14.3 Å². The summed E-state index contributed by atoms with van der Waals surface area (Å²) in [5.74, 6) is -2.74. The second kappa shape index (κ2) is 8.57. The van der Waals surface area contributed by atoms with Crippen LogP contribution in [-0.4, -0.2) is 30.9 Å². The average molecular weight is 404 g/mol. The van der Waals surface area contributed by atoms with E-state index in [0.29, 0.717) is 11.1 Å². The average Bonchev–Trinajstić information content (AvgIpc) is 3.09. The summed E-state index contributed by atoms with van der Waals surface area (Å²) < 4.78 is 31.6. The molecule has 0 radical (unpaired) electrons. The largest absolute Gasteiger partial charge is 0.451 e. The number of nitrogens with one attached hydrogen (secondary N) is 2. The van der Waals surface area contributed by atoms with Crippen molar-refractivity contribution in [1.29, 1.82) is 0 Å². The molecule has 0 saturated carbocycles. The van der Waals surface area contributed by atoms with Gasteiger partial charge >= 0.3 is 5.97 Å². The van der Waals surface area contributed by atoms with Crippen LogP contribution in [0.25, 0.3) is 10.1 Å². The van der Waals surface area contributed by atoms with Crippen molar-refractivity contribution in [2.45, 2.75) is 0 Å². The van der Waals surface area contributed by atoms with Crippen molar-refractivity contribution in [2.75, 3.05) is 18.5 Å². The summed E-state index contributed by atoms with van der Waals surface area (Å²) in [6.45, 7) is -0.902. The zero-order valence-electron chi connectivity index (χ0n) is 14.3. The predicted molar refractivity (Wildman–Crippen MR) is 100 cm³/mol. The van der Waals surface area contributed by atoms with Gasteiger partial charge in [0, 0.05) is 10.4 Å². The molecule has 3 aromatic rings. The summed E-state index contributed by atoms with van der Waals surface area (Å²) in [4.78, 5) is 35.7. The molecule has 0 aliphatic heterocycles. The molecule has 0 spiro atoms. The lowest BCUT2D eigenvalue weighted by atomic mass is 10.2. The molecule has 3 rings (SSSR count). The van der Waals surface area contributed by atoms with Gasteiger partial charge in [-0.3, -0.25) is 9.59 Å². The third kappa shape index (κ3) is 5.10. The first kappa shape index (κ1) is 19.4. The van der Waals surface area contributed by atoms with Crippen molar-refractivity contribution in [2.24, 2.45) is 0 Å². The van der Waals surface area contributed by atoms with Crippen LogP contribution in [0, 0.1) is 11.6 Å². The third-order valence-corrected chi connectivity index (χ3v) is 4.68. The Bertz CT molecular complexity index is 1030. The Balaban J connectivity index is 1.44. The number of benzene rings is 2. The second-order valence-corrected chi connectivity index (χ2v) is 6.78. The third-order valence-electron chi connectivity index (χ3n) is 3.59. The molecule has 0 aliphatic carbocycles. The fourth-order valence-electron chi connectivity index (χ4n) is 2.29. The summed E-state index contributed by atoms with van der Waals surface area (Å²) in [6, 6.07) is 10.8. The Morgan fingerprint density at radius 2 is 1.64 bits per heavy atom. The molecular weight excluding hydrogens is 390 g/mol. The van der Waals surface area contributed by atoms with Crippen LogP contribution in [0.4, 0.5) is 14.5 Å². The van der Waals surface area contributed by atoms with Gasteiger partial charge in [-0.15, -0.1) is 11.3 Å². The maximum Gasteiger partial charge on any atom is 0.348 e. The van der Waals surface area contributed by atoms with E-state index in [1.807, 2.05) is 0 Å². The molecule has 1 aromatic heterocycles. The highest BCUT2D eigenvalue weighted by Crippen LogP contribution is 2.26. The molecular formula is C19H14F2N2O4S. The normalized spacial score (nSPS) is 10.5. The van der Waals surface area contributed by atoms with Crippen LogP contribution >= 0.6 is 11.3 Å². The lowest BCUT2D eigenvalue weighted by Gasteiger charge is -2.07. The van der Waals surface area contributed by atoms with E-state index >= 15 is 0 Å². The van der Waals surface area contributed by atoms with E-state index < -0.39 is 36.0 Å². The van der Waals surface area contributed by atoms with Crippen molar-refractivity contribution < 1.29 is 27.9 Å². The van der Waals surface area contributed by atoms with Crippen molar-refractivity contribution in [3.63, 3.8) is 0 Å². The Morgan fingerprint density at radius 1 is 0.929 bits per heavy atom. The predicted octanol–water partition coefficient (Wildman–Crippen LogP) is 3.09. The van der Waals surface area contributed by atoms with Gasteiger partial charge in [0.25, 0.3) is 5.91 Å². The molecule has 0 saturated heterocycles. The van der Waals surface area contributed by atoms with E-state index in [1.165, 1.54) is 42.5 Å². The minimum Gasteiger partial charge on any atom is -0.451 e. The van der Waals surface area contributed by atoms with E-state index in [9.17, 15) is 23.2 Å². The van der Waals surface area contributed by atoms with Gasteiger partial charge in [-0.05, 0) is 53.9 Å². The van der Waals surface area contributed by atoms with Crippen LogP contribution in [0.15, 0.2) is 48.5 Å². The quantitative estimate of drug-likeness (QED) is 0.619. The summed E-state index contributed by atoms with van der Waals surface area (Å²) >= 11 is 1.12. The molecule has 28 heavy (non-hydrogen) atoms. The monoisotopic (exact) mass is 404 g/mol. The van der Waals surface area contributed by atoms with E-state index in [1.54, 1.807) is 6.07 Å². The number of hydrogen-bond acceptors (Lipinski definition) is 5. The van der Waals surface area contributed by atoms with Gasteiger partial charge in [0.2, 0.25) is 5.91 Å². The smallest absolute Gasteiger partial charge is 0.348 e. The number of thiophene rings is 1. The fraction of sp³-hybridized carbons (Fsp3) is 0.105. The van der Waals surface area contributed by atoms with Crippen LogP contribution in [0.5, 0.6) is 0 Å². The number of hydrogen-bond donors (Lipinski definition) is 2. The molecule has 0 bridgehead atoms. The van der Waals surface area contributed by atoms with Crippen molar-refractivity contribution in [3.05, 3.63) is 65.0 Å². The Labute approximate surface area is 162 Å². The molecule has 1 heterocycles. The van der Waals surface area contributed by atoms with E-state index in [2.05, 4.69) is 10.6 Å². The lowest BCUT2D eigenvalue weighted by Crippen LogP contribution is -2.35. The minimum atomic E-state index is -0.715. The maximum atomic E-state index is 13.2. The zero-order valence-corrected chi connectivity index (χ0v) is 15.1. The number of rotatable bonds is 6. The second-order valence-electron chi connectivity index (χ2n) is 5.70. The SMILES string of the molecule is O=C(COC(=O)c1cc2cc(F)ccc2s1)NCC(=O)Nc1ccc(F)cc1.